The summed E-state index contributed by atoms with van der Waals surface area (Å²) >= 11 is 0. The molecule has 32 heavy (non-hydrogen) atoms. The highest BCUT2D eigenvalue weighted by Crippen LogP contribution is 2.34. The maximum Gasteiger partial charge on any atom is 0.271 e. The van der Waals surface area contributed by atoms with Gasteiger partial charge in [0.25, 0.3) is 12.0 Å². The molecule has 0 amide bonds. The Balaban J connectivity index is 1.92. The van der Waals surface area contributed by atoms with E-state index in [1.807, 2.05) is 0 Å². The molecule has 2 heterocycles. The number of benzene rings is 1. The minimum absolute atomic E-state index is 0.0479. The third kappa shape index (κ3) is 4.40. The topological polar surface area (TPSA) is 117 Å². The number of hydrogen-bond donors (Lipinski definition) is 3. The fourth-order valence-corrected chi connectivity index (χ4v) is 5.73. The van der Waals surface area contributed by atoms with Crippen LogP contribution in [-0.4, -0.2) is 37.6 Å². The van der Waals surface area contributed by atoms with Crippen LogP contribution in [0, 0.1) is 13.8 Å². The molecule has 2 aromatic heterocycles. The van der Waals surface area contributed by atoms with Crippen molar-refractivity contribution in [2.24, 2.45) is 0 Å². The van der Waals surface area contributed by atoms with Crippen molar-refractivity contribution in [2.45, 2.75) is 56.9 Å². The van der Waals surface area contributed by atoms with Gasteiger partial charge in [-0.2, -0.15) is 0 Å². The summed E-state index contributed by atoms with van der Waals surface area (Å²) in [4.78, 5) is 15.0. The number of rotatable bonds is 7. The van der Waals surface area contributed by atoms with E-state index >= 15 is 0 Å². The fraction of sp³-hybridized carbons (Fsp3) is 0.429. The van der Waals surface area contributed by atoms with Crippen LogP contribution in [0.5, 0.6) is 0 Å². The number of halogens is 2. The second kappa shape index (κ2) is 8.62. The number of anilines is 1. The second-order valence-corrected chi connectivity index (χ2v) is 9.70. The molecule has 1 fully saturated rings. The van der Waals surface area contributed by atoms with Crippen LogP contribution in [0.2, 0.25) is 0 Å². The van der Waals surface area contributed by atoms with Crippen molar-refractivity contribution < 1.29 is 21.7 Å². The van der Waals surface area contributed by atoms with E-state index in [2.05, 4.69) is 20.2 Å². The smallest absolute Gasteiger partial charge is 0.271 e. The van der Waals surface area contributed by atoms with Crippen LogP contribution in [0.25, 0.3) is 22.0 Å². The first kappa shape index (κ1) is 22.4. The van der Waals surface area contributed by atoms with Crippen molar-refractivity contribution in [3.8, 4) is 11.1 Å². The Labute approximate surface area is 183 Å². The van der Waals surface area contributed by atoms with Crippen molar-refractivity contribution in [1.29, 1.82) is 0 Å². The van der Waals surface area contributed by atoms with Crippen LogP contribution in [0.4, 0.5) is 14.5 Å². The molecular weight excluding hydrogens is 442 g/mol. The Morgan fingerprint density at radius 1 is 1.22 bits per heavy atom. The van der Waals surface area contributed by atoms with Gasteiger partial charge in [0.2, 0.25) is 10.0 Å². The first-order chi connectivity index (χ1) is 15.2. The molecule has 0 unspecified atom stereocenters. The minimum atomic E-state index is -3.97. The number of H-pyrrole nitrogens is 1. The summed E-state index contributed by atoms with van der Waals surface area (Å²) < 4.78 is 60.0. The zero-order chi connectivity index (χ0) is 23.0. The molecular formula is C21H24F2N4O4S. The molecule has 0 atom stereocenters. The van der Waals surface area contributed by atoms with Gasteiger partial charge in [-0.25, -0.2) is 21.9 Å². The highest BCUT2D eigenvalue weighted by molar-refractivity contribution is 7.89. The number of aromatic nitrogens is 2. The molecule has 0 spiro atoms. The zero-order valence-electron chi connectivity index (χ0n) is 17.7. The molecule has 0 radical (unpaired) electrons. The van der Waals surface area contributed by atoms with Gasteiger partial charge in [-0.05, 0) is 50.5 Å². The molecule has 8 nitrogen and oxygen atoms in total. The number of sulfonamides is 1. The number of fused-ring (bicyclic) bond motifs is 1. The Kier molecular flexibility index (Phi) is 6.04. The number of aromatic amines is 1. The van der Waals surface area contributed by atoms with Crippen molar-refractivity contribution in [3.05, 3.63) is 40.0 Å². The monoisotopic (exact) mass is 466 g/mol. The van der Waals surface area contributed by atoms with E-state index in [1.165, 1.54) is 12.1 Å². The van der Waals surface area contributed by atoms with Crippen molar-refractivity contribution in [3.63, 3.8) is 0 Å². The second-order valence-electron chi connectivity index (χ2n) is 8.02. The Bertz CT molecular complexity index is 1290. The van der Waals surface area contributed by atoms with Crippen LogP contribution >= 0.6 is 0 Å². The molecule has 0 bridgehead atoms. The van der Waals surface area contributed by atoms with Gasteiger partial charge in [-0.15, -0.1) is 0 Å². The molecule has 1 aromatic carbocycles. The van der Waals surface area contributed by atoms with Gasteiger partial charge in [0, 0.05) is 17.0 Å². The summed E-state index contributed by atoms with van der Waals surface area (Å²) in [6.45, 7) is 2.72. The lowest BCUT2D eigenvalue weighted by molar-refractivity contribution is 0.163. The van der Waals surface area contributed by atoms with E-state index in [0.29, 0.717) is 22.6 Å². The van der Waals surface area contributed by atoms with Crippen molar-refractivity contribution >= 4 is 26.6 Å². The zero-order valence-corrected chi connectivity index (χ0v) is 18.5. The Morgan fingerprint density at radius 3 is 2.56 bits per heavy atom. The third-order valence-electron chi connectivity index (χ3n) is 5.66. The summed E-state index contributed by atoms with van der Waals surface area (Å²) in [7, 11) is -3.97. The van der Waals surface area contributed by atoms with Gasteiger partial charge >= 0.3 is 0 Å². The largest absolute Gasteiger partial charge is 0.375 e. The number of pyridine rings is 1. The number of hydrogen-bond acceptors (Lipinski definition) is 6. The predicted molar refractivity (Wildman–Crippen MR) is 117 cm³/mol. The summed E-state index contributed by atoms with van der Waals surface area (Å²) in [6.07, 6.45) is 0.723. The molecule has 11 heteroatoms. The van der Waals surface area contributed by atoms with E-state index in [4.69, 9.17) is 4.52 Å². The molecule has 4 rings (SSSR count). The predicted octanol–water partition coefficient (Wildman–Crippen LogP) is 3.70. The molecule has 0 saturated heterocycles. The standard InChI is InChI=1S/C21H24F2N4O4S/c1-11-20(12(2)31-26-11)13-7-16-15(9-17(21(28)25-16)24-10-19(22)23)18(8-13)32(29,30)27-14-5-3-4-6-14/h7-9,14,19,24,27H,3-6,10H2,1-2H3,(H,25,28). The summed E-state index contributed by atoms with van der Waals surface area (Å²) in [5, 5.41) is 6.53. The quantitative estimate of drug-likeness (QED) is 0.489. The average molecular weight is 467 g/mol. The number of alkyl halides is 2. The first-order valence-electron chi connectivity index (χ1n) is 10.3. The highest BCUT2D eigenvalue weighted by Gasteiger charge is 2.26. The Hall–Kier alpha value is -2.79. The van der Waals surface area contributed by atoms with E-state index in [1.54, 1.807) is 19.9 Å². The Morgan fingerprint density at radius 2 is 1.94 bits per heavy atom. The SMILES string of the molecule is Cc1noc(C)c1-c1cc(S(=O)(=O)NC2CCCC2)c2cc(NCC(F)F)c(=O)[nH]c2c1. The van der Waals surface area contributed by atoms with Gasteiger partial charge in [-0.1, -0.05) is 18.0 Å². The molecule has 1 aliphatic carbocycles. The number of aryl methyl sites for hydroxylation is 2. The minimum Gasteiger partial charge on any atom is -0.375 e. The van der Waals surface area contributed by atoms with Crippen molar-refractivity contribution in [2.75, 3.05) is 11.9 Å². The lowest BCUT2D eigenvalue weighted by atomic mass is 10.0. The molecule has 1 aliphatic rings. The molecule has 3 N–H and O–H groups in total. The highest BCUT2D eigenvalue weighted by atomic mass is 32.2. The van der Waals surface area contributed by atoms with E-state index in [-0.39, 0.29) is 27.5 Å². The lowest BCUT2D eigenvalue weighted by Crippen LogP contribution is -2.33. The van der Waals surface area contributed by atoms with Gasteiger partial charge < -0.3 is 14.8 Å². The first-order valence-corrected chi connectivity index (χ1v) is 11.8. The third-order valence-corrected chi connectivity index (χ3v) is 7.22. The van der Waals surface area contributed by atoms with Crippen LogP contribution in [0.15, 0.2) is 32.4 Å². The van der Waals surface area contributed by atoms with Crippen molar-refractivity contribution in [1.82, 2.24) is 14.9 Å². The molecule has 0 aliphatic heterocycles. The molecule has 3 aromatic rings. The summed E-state index contributed by atoms with van der Waals surface area (Å²) in [6, 6.07) is 4.27. The normalized spacial score (nSPS) is 15.2. The van der Waals surface area contributed by atoms with Crippen LogP contribution in [0.3, 0.4) is 0 Å². The molecule has 172 valence electrons. The van der Waals surface area contributed by atoms with Gasteiger partial charge in [0.1, 0.15) is 11.4 Å². The summed E-state index contributed by atoms with van der Waals surface area (Å²) in [5.41, 5.74) is 1.24. The van der Waals surface area contributed by atoms with Crippen LogP contribution < -0.4 is 15.6 Å². The maximum atomic E-state index is 13.4. The van der Waals surface area contributed by atoms with Gasteiger partial charge in [-0.3, -0.25) is 4.79 Å². The fourth-order valence-electron chi connectivity index (χ4n) is 4.19. The molecule has 1 saturated carbocycles. The lowest BCUT2D eigenvalue weighted by Gasteiger charge is -2.16. The number of nitrogens with one attached hydrogen (secondary N) is 3. The maximum absolute atomic E-state index is 13.4. The summed E-state index contributed by atoms with van der Waals surface area (Å²) in [5.74, 6) is 0.506. The number of nitrogens with zero attached hydrogens (tertiary/aromatic N) is 1. The average Bonchev–Trinajstić information content (AvgIpc) is 3.34. The van der Waals surface area contributed by atoms with Crippen LogP contribution in [-0.2, 0) is 10.0 Å². The van der Waals surface area contributed by atoms with Gasteiger partial charge in [0.15, 0.2) is 0 Å². The van der Waals surface area contributed by atoms with E-state index in [0.717, 1.165) is 25.7 Å². The van der Waals surface area contributed by atoms with Crippen LogP contribution in [0.1, 0.15) is 37.1 Å². The van der Waals surface area contributed by atoms with E-state index in [9.17, 15) is 22.0 Å². The van der Waals surface area contributed by atoms with E-state index < -0.39 is 28.6 Å². The van der Waals surface area contributed by atoms with Gasteiger partial charge in [0.05, 0.1) is 22.7 Å².